The van der Waals surface area contributed by atoms with Crippen LogP contribution < -0.4 is 4.74 Å². The molecular weight excluding hydrogens is 160 g/mol. The number of hydrogen-bond donors (Lipinski definition) is 0. The Balaban J connectivity index is 0.000000671. The van der Waals surface area contributed by atoms with Gasteiger partial charge in [-0.25, -0.2) is 0 Å². The van der Waals surface area contributed by atoms with Crippen LogP contribution in [0.5, 0.6) is 5.75 Å². The van der Waals surface area contributed by atoms with E-state index in [0.29, 0.717) is 0 Å². The van der Waals surface area contributed by atoms with Gasteiger partial charge < -0.3 is 4.74 Å². The van der Waals surface area contributed by atoms with E-state index in [1.807, 2.05) is 32.0 Å². The van der Waals surface area contributed by atoms with Gasteiger partial charge in [0.1, 0.15) is 5.75 Å². The van der Waals surface area contributed by atoms with Gasteiger partial charge in [-0.15, -0.1) is 0 Å². The number of ether oxygens (including phenoxy) is 1. The molecule has 0 saturated heterocycles. The molecule has 0 N–H and O–H groups in total. The third kappa shape index (κ3) is 3.97. The summed E-state index contributed by atoms with van der Waals surface area (Å²) in [5, 5.41) is 0. The minimum Gasteiger partial charge on any atom is -0.496 e. The maximum absolute atomic E-state index is 5.20. The van der Waals surface area contributed by atoms with Crippen molar-refractivity contribution < 1.29 is 4.74 Å². The zero-order valence-corrected chi connectivity index (χ0v) is 9.13. The van der Waals surface area contributed by atoms with Crippen molar-refractivity contribution in [3.63, 3.8) is 0 Å². The van der Waals surface area contributed by atoms with E-state index in [0.717, 1.165) is 12.2 Å². The summed E-state index contributed by atoms with van der Waals surface area (Å²) in [6.07, 6.45) is 2.27. The van der Waals surface area contributed by atoms with E-state index in [9.17, 15) is 0 Å². The lowest BCUT2D eigenvalue weighted by Gasteiger charge is -2.05. The molecule has 1 aromatic rings. The molecule has 1 aromatic carbocycles. The van der Waals surface area contributed by atoms with E-state index < -0.39 is 0 Å². The van der Waals surface area contributed by atoms with E-state index in [-0.39, 0.29) is 0 Å². The Kier molecular flexibility index (Phi) is 7.08. The number of para-hydroxylation sites is 1. The molecule has 0 fully saturated rings. The first-order valence-corrected chi connectivity index (χ1v) is 5.00. The second kappa shape index (κ2) is 7.66. The molecular formula is C12H20O. The van der Waals surface area contributed by atoms with Crippen molar-refractivity contribution in [3.05, 3.63) is 29.8 Å². The molecule has 0 radical (unpaired) electrons. The SMILES string of the molecule is CC.CCCc1ccccc1OC. The largest absolute Gasteiger partial charge is 0.496 e. The van der Waals surface area contributed by atoms with Crippen LogP contribution in [0.2, 0.25) is 0 Å². The van der Waals surface area contributed by atoms with Gasteiger partial charge in [0, 0.05) is 0 Å². The van der Waals surface area contributed by atoms with E-state index in [4.69, 9.17) is 4.74 Å². The highest BCUT2D eigenvalue weighted by Crippen LogP contribution is 2.18. The number of methoxy groups -OCH3 is 1. The molecule has 74 valence electrons. The molecule has 0 saturated carbocycles. The molecule has 0 amide bonds. The van der Waals surface area contributed by atoms with Crippen LogP contribution in [0.4, 0.5) is 0 Å². The van der Waals surface area contributed by atoms with Crippen molar-refractivity contribution in [2.45, 2.75) is 33.6 Å². The Labute approximate surface area is 81.7 Å². The number of rotatable bonds is 3. The summed E-state index contributed by atoms with van der Waals surface area (Å²) >= 11 is 0. The average molecular weight is 180 g/mol. The maximum Gasteiger partial charge on any atom is 0.122 e. The topological polar surface area (TPSA) is 9.23 Å². The minimum absolute atomic E-state index is 1.01. The first-order chi connectivity index (χ1) is 6.38. The molecule has 0 unspecified atom stereocenters. The lowest BCUT2D eigenvalue weighted by molar-refractivity contribution is 0.409. The molecule has 0 aromatic heterocycles. The summed E-state index contributed by atoms with van der Waals surface area (Å²) in [5.41, 5.74) is 1.30. The summed E-state index contributed by atoms with van der Waals surface area (Å²) in [6, 6.07) is 8.17. The molecule has 0 aliphatic heterocycles. The van der Waals surface area contributed by atoms with Gasteiger partial charge in [-0.2, -0.15) is 0 Å². The Morgan fingerprint density at radius 3 is 2.31 bits per heavy atom. The van der Waals surface area contributed by atoms with Crippen molar-refractivity contribution in [1.29, 1.82) is 0 Å². The van der Waals surface area contributed by atoms with Crippen molar-refractivity contribution in [3.8, 4) is 5.75 Å². The van der Waals surface area contributed by atoms with Crippen LogP contribution in [0.3, 0.4) is 0 Å². The van der Waals surface area contributed by atoms with E-state index in [1.54, 1.807) is 7.11 Å². The summed E-state index contributed by atoms with van der Waals surface area (Å²) in [7, 11) is 1.72. The lowest BCUT2D eigenvalue weighted by atomic mass is 10.1. The fraction of sp³-hybridized carbons (Fsp3) is 0.500. The Morgan fingerprint density at radius 1 is 1.15 bits per heavy atom. The van der Waals surface area contributed by atoms with E-state index in [1.165, 1.54) is 12.0 Å². The van der Waals surface area contributed by atoms with Crippen molar-refractivity contribution in [1.82, 2.24) is 0 Å². The van der Waals surface area contributed by atoms with Crippen LogP contribution in [-0.2, 0) is 6.42 Å². The third-order valence-electron chi connectivity index (χ3n) is 1.71. The van der Waals surface area contributed by atoms with Crippen LogP contribution in [-0.4, -0.2) is 7.11 Å². The van der Waals surface area contributed by atoms with Gasteiger partial charge in [0.25, 0.3) is 0 Å². The molecule has 0 bridgehead atoms. The zero-order chi connectivity index (χ0) is 10.1. The summed E-state index contributed by atoms with van der Waals surface area (Å²) in [4.78, 5) is 0. The number of hydrogen-bond acceptors (Lipinski definition) is 1. The van der Waals surface area contributed by atoms with Gasteiger partial charge in [-0.3, -0.25) is 0 Å². The predicted molar refractivity (Wildman–Crippen MR) is 58.3 cm³/mol. The van der Waals surface area contributed by atoms with Crippen LogP contribution in [0.1, 0.15) is 32.8 Å². The number of benzene rings is 1. The lowest BCUT2D eigenvalue weighted by Crippen LogP contribution is -1.90. The quantitative estimate of drug-likeness (QED) is 0.689. The van der Waals surface area contributed by atoms with Crippen LogP contribution in [0.25, 0.3) is 0 Å². The summed E-state index contributed by atoms with van der Waals surface area (Å²) in [5.74, 6) is 1.01. The molecule has 0 atom stereocenters. The number of aryl methyl sites for hydroxylation is 1. The van der Waals surface area contributed by atoms with Crippen LogP contribution in [0, 0.1) is 0 Å². The van der Waals surface area contributed by atoms with Crippen LogP contribution in [0.15, 0.2) is 24.3 Å². The van der Waals surface area contributed by atoms with Gasteiger partial charge in [0.05, 0.1) is 7.11 Å². The minimum atomic E-state index is 1.01. The standard InChI is InChI=1S/C10H14O.C2H6/c1-3-6-9-7-4-5-8-10(9)11-2;1-2/h4-5,7-8H,3,6H2,1-2H3;1-2H3. The van der Waals surface area contributed by atoms with Gasteiger partial charge in [-0.05, 0) is 18.1 Å². The molecule has 13 heavy (non-hydrogen) atoms. The first kappa shape index (κ1) is 12.0. The molecule has 0 spiro atoms. The average Bonchev–Trinajstić information content (AvgIpc) is 2.22. The molecule has 1 rings (SSSR count). The highest BCUT2D eigenvalue weighted by atomic mass is 16.5. The molecule has 0 aliphatic rings. The van der Waals surface area contributed by atoms with Crippen molar-refractivity contribution >= 4 is 0 Å². The Morgan fingerprint density at radius 2 is 1.77 bits per heavy atom. The molecule has 0 aliphatic carbocycles. The predicted octanol–water partition coefficient (Wildman–Crippen LogP) is 3.67. The smallest absolute Gasteiger partial charge is 0.122 e. The van der Waals surface area contributed by atoms with Crippen molar-refractivity contribution in [2.24, 2.45) is 0 Å². The van der Waals surface area contributed by atoms with Crippen LogP contribution >= 0.6 is 0 Å². The highest BCUT2D eigenvalue weighted by Gasteiger charge is 1.97. The first-order valence-electron chi connectivity index (χ1n) is 5.00. The third-order valence-corrected chi connectivity index (χ3v) is 1.71. The maximum atomic E-state index is 5.20. The normalized spacial score (nSPS) is 8.62. The zero-order valence-electron chi connectivity index (χ0n) is 9.13. The van der Waals surface area contributed by atoms with Gasteiger partial charge >= 0.3 is 0 Å². The van der Waals surface area contributed by atoms with Crippen molar-refractivity contribution in [2.75, 3.05) is 7.11 Å². The molecule has 1 nitrogen and oxygen atoms in total. The highest BCUT2D eigenvalue weighted by molar-refractivity contribution is 5.33. The van der Waals surface area contributed by atoms with Gasteiger partial charge in [0.15, 0.2) is 0 Å². The Bertz CT molecular complexity index is 218. The summed E-state index contributed by atoms with van der Waals surface area (Å²) in [6.45, 7) is 6.17. The second-order valence-electron chi connectivity index (χ2n) is 2.56. The fourth-order valence-corrected chi connectivity index (χ4v) is 1.18. The molecule has 0 heterocycles. The summed E-state index contributed by atoms with van der Waals surface area (Å²) < 4.78 is 5.20. The monoisotopic (exact) mass is 180 g/mol. The van der Waals surface area contributed by atoms with Gasteiger partial charge in [0.2, 0.25) is 0 Å². The molecule has 1 heteroatoms. The van der Waals surface area contributed by atoms with Gasteiger partial charge in [-0.1, -0.05) is 45.4 Å². The second-order valence-corrected chi connectivity index (χ2v) is 2.56. The fourth-order valence-electron chi connectivity index (χ4n) is 1.18. The van der Waals surface area contributed by atoms with E-state index >= 15 is 0 Å². The Hall–Kier alpha value is -0.980. The van der Waals surface area contributed by atoms with E-state index in [2.05, 4.69) is 13.0 Å².